The molecular weight excluding hydrogens is 574 g/mol. The fraction of sp³-hybridized carbons (Fsp3) is 0.364. The van der Waals surface area contributed by atoms with Crippen molar-refractivity contribution in [3.63, 3.8) is 0 Å². The van der Waals surface area contributed by atoms with Crippen LogP contribution in [0.15, 0.2) is 65.6 Å². The van der Waals surface area contributed by atoms with Gasteiger partial charge in [0.1, 0.15) is 11.5 Å². The molecule has 9 heteroatoms. The van der Waals surface area contributed by atoms with Gasteiger partial charge in [-0.25, -0.2) is 9.59 Å². The summed E-state index contributed by atoms with van der Waals surface area (Å²) in [6.45, 7) is 7.53. The molecule has 0 radical (unpaired) electrons. The van der Waals surface area contributed by atoms with Crippen LogP contribution in [0.25, 0.3) is 0 Å². The summed E-state index contributed by atoms with van der Waals surface area (Å²) in [5.41, 5.74) is 2.03. The number of carboxylic acids is 1. The fourth-order valence-corrected chi connectivity index (χ4v) is 5.78. The van der Waals surface area contributed by atoms with Gasteiger partial charge in [0.15, 0.2) is 11.4 Å². The first-order valence-corrected chi connectivity index (χ1v) is 15.4. The molecule has 1 aliphatic heterocycles. The van der Waals surface area contributed by atoms with E-state index in [2.05, 4.69) is 0 Å². The van der Waals surface area contributed by atoms with E-state index in [0.29, 0.717) is 41.5 Å². The first-order chi connectivity index (χ1) is 19.9. The van der Waals surface area contributed by atoms with Crippen LogP contribution in [0.3, 0.4) is 0 Å². The molecule has 1 aliphatic rings. The lowest BCUT2D eigenvalue weighted by Crippen LogP contribution is -2.38. The molecule has 1 fully saturated rings. The smallest absolute Gasteiger partial charge is 0.415 e. The lowest BCUT2D eigenvalue weighted by Gasteiger charge is -2.25. The maximum Gasteiger partial charge on any atom is 0.415 e. The molecule has 0 aromatic heterocycles. The van der Waals surface area contributed by atoms with Gasteiger partial charge < -0.3 is 19.5 Å². The van der Waals surface area contributed by atoms with Crippen LogP contribution >= 0.6 is 23.4 Å². The minimum absolute atomic E-state index is 0.0152. The van der Waals surface area contributed by atoms with E-state index < -0.39 is 17.7 Å². The molecule has 1 N–H and O–H groups in total. The molecule has 7 nitrogen and oxygen atoms in total. The molecule has 222 valence electrons. The standard InChI is InChI=1S/C33H36ClNO6S/c1-20-16-22(17-21(2)30(20)41-33(3,4)31(37)38)6-7-24-18-35(32(39)40-26-12-10-25(34)11-13-26)19-28(24)29(36)23-8-14-27(42-5)15-9-23/h8-17,24,28H,6-7,18-19H2,1-5H3,(H,37,38)/t24-,28+/m1/s1. The normalized spacial score (nSPS) is 16.8. The van der Waals surface area contributed by atoms with Crippen LogP contribution in [0.1, 0.15) is 47.3 Å². The monoisotopic (exact) mass is 609 g/mol. The predicted molar refractivity (Wildman–Crippen MR) is 165 cm³/mol. The van der Waals surface area contributed by atoms with E-state index in [9.17, 15) is 19.5 Å². The topological polar surface area (TPSA) is 93.1 Å². The van der Waals surface area contributed by atoms with Crippen molar-refractivity contribution in [3.8, 4) is 11.5 Å². The number of aliphatic carboxylic acids is 1. The van der Waals surface area contributed by atoms with Gasteiger partial charge in [0.25, 0.3) is 0 Å². The summed E-state index contributed by atoms with van der Waals surface area (Å²) in [6, 6.07) is 18.2. The van der Waals surface area contributed by atoms with Gasteiger partial charge in [-0.3, -0.25) is 4.79 Å². The van der Waals surface area contributed by atoms with Crippen molar-refractivity contribution in [2.24, 2.45) is 11.8 Å². The van der Waals surface area contributed by atoms with Crippen molar-refractivity contribution in [1.29, 1.82) is 0 Å². The third-order valence-corrected chi connectivity index (χ3v) is 8.62. The highest BCUT2D eigenvalue weighted by molar-refractivity contribution is 7.98. The summed E-state index contributed by atoms with van der Waals surface area (Å²) in [5, 5.41) is 10.0. The Bertz CT molecular complexity index is 1430. The third-order valence-electron chi connectivity index (χ3n) is 7.63. The number of thioether (sulfide) groups is 1. The second-order valence-corrected chi connectivity index (χ2v) is 12.5. The SMILES string of the molecule is CSc1ccc(C(=O)[C@H]2CN(C(=O)Oc3ccc(Cl)cc3)C[C@H]2CCc2cc(C)c(OC(C)(C)C(=O)O)c(C)c2)cc1. The van der Waals surface area contributed by atoms with Crippen LogP contribution in [0.5, 0.6) is 11.5 Å². The Balaban J connectivity index is 1.52. The number of nitrogens with zero attached hydrogens (tertiary/aromatic N) is 1. The van der Waals surface area contributed by atoms with E-state index in [0.717, 1.165) is 21.6 Å². The maximum absolute atomic E-state index is 13.7. The lowest BCUT2D eigenvalue weighted by atomic mass is 9.84. The number of carbonyl (C=O) groups excluding carboxylic acids is 2. The minimum atomic E-state index is -1.35. The highest BCUT2D eigenvalue weighted by Gasteiger charge is 2.40. The van der Waals surface area contributed by atoms with Gasteiger partial charge in [0, 0.05) is 34.5 Å². The number of carboxylic acid groups (broad SMARTS) is 1. The van der Waals surface area contributed by atoms with Gasteiger partial charge in [0.05, 0.1) is 0 Å². The summed E-state index contributed by atoms with van der Waals surface area (Å²) in [5.74, 6) is -0.513. The second-order valence-electron chi connectivity index (χ2n) is 11.2. The molecule has 0 unspecified atom stereocenters. The van der Waals surface area contributed by atoms with Crippen LogP contribution < -0.4 is 9.47 Å². The van der Waals surface area contributed by atoms with Crippen LogP contribution in [-0.4, -0.2) is 52.8 Å². The molecule has 4 rings (SSSR count). The number of carbonyl (C=O) groups is 3. The zero-order valence-corrected chi connectivity index (χ0v) is 26.1. The number of rotatable bonds is 10. The van der Waals surface area contributed by atoms with E-state index in [1.165, 1.54) is 13.8 Å². The first-order valence-electron chi connectivity index (χ1n) is 13.8. The Kier molecular flexibility index (Phi) is 9.89. The molecule has 2 atom stereocenters. The number of halogens is 1. The van der Waals surface area contributed by atoms with Gasteiger partial charge in [-0.1, -0.05) is 35.9 Å². The summed E-state index contributed by atoms with van der Waals surface area (Å²) in [7, 11) is 0. The molecule has 0 aliphatic carbocycles. The van der Waals surface area contributed by atoms with Crippen molar-refractivity contribution < 1.29 is 29.0 Å². The quantitative estimate of drug-likeness (QED) is 0.188. The number of likely N-dealkylation sites (tertiary alicyclic amines) is 1. The first kappa shape index (κ1) is 31.4. The van der Waals surface area contributed by atoms with Crippen molar-refractivity contribution in [2.45, 2.75) is 51.0 Å². The number of Topliss-reactive ketones (excluding diaryl/α,β-unsaturated/α-hetero) is 1. The molecule has 3 aromatic carbocycles. The molecule has 0 saturated carbocycles. The molecule has 1 saturated heterocycles. The van der Waals surface area contributed by atoms with Gasteiger partial charge >= 0.3 is 12.1 Å². The van der Waals surface area contributed by atoms with Gasteiger partial charge in [-0.15, -0.1) is 11.8 Å². The van der Waals surface area contributed by atoms with E-state index in [1.807, 2.05) is 56.5 Å². The number of benzene rings is 3. The van der Waals surface area contributed by atoms with Crippen LogP contribution in [0.4, 0.5) is 4.79 Å². The lowest BCUT2D eigenvalue weighted by molar-refractivity contribution is -0.152. The Hall–Kier alpha value is -3.49. The summed E-state index contributed by atoms with van der Waals surface area (Å²) in [6.07, 6.45) is 2.86. The molecule has 1 heterocycles. The largest absolute Gasteiger partial charge is 0.478 e. The highest BCUT2D eigenvalue weighted by Crippen LogP contribution is 2.34. The maximum atomic E-state index is 13.7. The number of ether oxygens (including phenoxy) is 2. The Morgan fingerprint density at radius 2 is 1.62 bits per heavy atom. The second kappa shape index (κ2) is 13.2. The van der Waals surface area contributed by atoms with E-state index in [4.69, 9.17) is 21.1 Å². The highest BCUT2D eigenvalue weighted by atomic mass is 35.5. The van der Waals surface area contributed by atoms with E-state index in [-0.39, 0.29) is 24.2 Å². The van der Waals surface area contributed by atoms with E-state index in [1.54, 1.807) is 40.9 Å². The zero-order valence-electron chi connectivity index (χ0n) is 24.5. The number of ketones is 1. The zero-order chi connectivity index (χ0) is 30.6. The van der Waals surface area contributed by atoms with Gasteiger partial charge in [-0.2, -0.15) is 0 Å². The Morgan fingerprint density at radius 1 is 1.00 bits per heavy atom. The van der Waals surface area contributed by atoms with Crippen molar-refractivity contribution in [2.75, 3.05) is 19.3 Å². The molecule has 0 spiro atoms. The summed E-state index contributed by atoms with van der Waals surface area (Å²) >= 11 is 7.57. The van der Waals surface area contributed by atoms with Gasteiger partial charge in [-0.05, 0) is 106 Å². The van der Waals surface area contributed by atoms with Crippen molar-refractivity contribution in [3.05, 3.63) is 87.9 Å². The fourth-order valence-electron chi connectivity index (χ4n) is 5.24. The Labute approximate surface area is 256 Å². The van der Waals surface area contributed by atoms with Crippen LogP contribution in [0, 0.1) is 25.7 Å². The van der Waals surface area contributed by atoms with Crippen LogP contribution in [0.2, 0.25) is 5.02 Å². The van der Waals surface area contributed by atoms with Crippen molar-refractivity contribution in [1.82, 2.24) is 4.90 Å². The molecule has 42 heavy (non-hydrogen) atoms. The summed E-state index contributed by atoms with van der Waals surface area (Å²) in [4.78, 5) is 41.1. The molecule has 1 amide bonds. The number of hydrogen-bond donors (Lipinski definition) is 1. The molecule has 3 aromatic rings. The number of hydrogen-bond acceptors (Lipinski definition) is 6. The van der Waals surface area contributed by atoms with Gasteiger partial charge in [0.2, 0.25) is 0 Å². The van der Waals surface area contributed by atoms with E-state index >= 15 is 0 Å². The molecule has 0 bridgehead atoms. The van der Waals surface area contributed by atoms with Crippen LogP contribution in [-0.2, 0) is 11.2 Å². The predicted octanol–water partition coefficient (Wildman–Crippen LogP) is 7.48. The molecular formula is C33H36ClNO6S. The van der Waals surface area contributed by atoms with Crippen molar-refractivity contribution >= 4 is 41.2 Å². The average Bonchev–Trinajstić information content (AvgIpc) is 3.39. The number of amides is 1. The number of aryl methyl sites for hydroxylation is 3. The summed E-state index contributed by atoms with van der Waals surface area (Å²) < 4.78 is 11.4. The average molecular weight is 610 g/mol. The third kappa shape index (κ3) is 7.47. The Morgan fingerprint density at radius 3 is 2.19 bits per heavy atom. The minimum Gasteiger partial charge on any atom is -0.478 e.